The first kappa shape index (κ1) is 13.8. The van der Waals surface area contributed by atoms with Gasteiger partial charge in [-0.25, -0.2) is 0 Å². The molecule has 0 aliphatic heterocycles. The van der Waals surface area contributed by atoms with Crippen LogP contribution in [0, 0.1) is 0 Å². The summed E-state index contributed by atoms with van der Waals surface area (Å²) in [6.45, 7) is 5.22. The van der Waals surface area contributed by atoms with E-state index in [-0.39, 0.29) is 11.8 Å². The molecule has 0 spiro atoms. The average molecular weight is 256 g/mol. The second-order valence-electron chi connectivity index (χ2n) is 4.06. The lowest BCUT2D eigenvalue weighted by Gasteiger charge is -2.09. The first-order valence-corrected chi connectivity index (χ1v) is 6.22. The molecule has 1 aromatic carbocycles. The van der Waals surface area contributed by atoms with Crippen LogP contribution in [0.3, 0.4) is 0 Å². The molecule has 17 heavy (non-hydrogen) atoms. The molecule has 0 bridgehead atoms. The van der Waals surface area contributed by atoms with Gasteiger partial charge in [-0.1, -0.05) is 26.0 Å². The molecule has 0 aliphatic rings. The fourth-order valence-corrected chi connectivity index (χ4v) is 1.45. The minimum atomic E-state index is -0.176. The molecule has 0 unspecified atom stereocenters. The molecule has 1 aromatic rings. The minimum absolute atomic E-state index is 0.0108. The van der Waals surface area contributed by atoms with Crippen LogP contribution >= 0.6 is 11.6 Å². The fourth-order valence-electron chi connectivity index (χ4n) is 1.36. The molecule has 0 atom stereocenters. The Balaban J connectivity index is 2.30. The van der Waals surface area contributed by atoms with Crippen molar-refractivity contribution >= 4 is 17.5 Å². The third-order valence-electron chi connectivity index (χ3n) is 2.36. The Kier molecular flexibility index (Phi) is 5.84. The average Bonchev–Trinajstić information content (AvgIpc) is 2.34. The SMILES string of the molecule is CC(C)c1ccc(OCCNC(=O)CCl)cc1. The topological polar surface area (TPSA) is 38.3 Å². The van der Waals surface area contributed by atoms with Gasteiger partial charge < -0.3 is 10.1 Å². The minimum Gasteiger partial charge on any atom is -0.492 e. The maximum atomic E-state index is 10.8. The molecule has 0 aliphatic carbocycles. The maximum absolute atomic E-state index is 10.8. The van der Waals surface area contributed by atoms with Crippen LogP contribution in [0.2, 0.25) is 0 Å². The van der Waals surface area contributed by atoms with E-state index in [9.17, 15) is 4.79 Å². The van der Waals surface area contributed by atoms with Gasteiger partial charge >= 0.3 is 0 Å². The molecule has 1 N–H and O–H groups in total. The van der Waals surface area contributed by atoms with E-state index in [1.807, 2.05) is 12.1 Å². The summed E-state index contributed by atoms with van der Waals surface area (Å²) in [6, 6.07) is 7.99. The van der Waals surface area contributed by atoms with E-state index in [4.69, 9.17) is 16.3 Å². The Bertz CT molecular complexity index is 349. The molecule has 0 saturated carbocycles. The number of alkyl halides is 1. The van der Waals surface area contributed by atoms with Crippen molar-refractivity contribution in [1.82, 2.24) is 5.32 Å². The van der Waals surface area contributed by atoms with E-state index in [0.29, 0.717) is 19.1 Å². The zero-order chi connectivity index (χ0) is 12.7. The summed E-state index contributed by atoms with van der Waals surface area (Å²) in [5.74, 6) is 1.15. The predicted octanol–water partition coefficient (Wildman–Crippen LogP) is 2.54. The summed E-state index contributed by atoms with van der Waals surface area (Å²) in [6.07, 6.45) is 0. The Labute approximate surface area is 107 Å². The standard InChI is InChI=1S/C13H18ClNO2/c1-10(2)11-3-5-12(6-4-11)17-8-7-15-13(16)9-14/h3-6,10H,7-9H2,1-2H3,(H,15,16). The second-order valence-corrected chi connectivity index (χ2v) is 4.32. The fraction of sp³-hybridized carbons (Fsp3) is 0.462. The third kappa shape index (κ3) is 5.09. The summed E-state index contributed by atoms with van der Waals surface area (Å²) in [5.41, 5.74) is 1.28. The Hall–Kier alpha value is -1.22. The normalized spacial score (nSPS) is 10.4. The van der Waals surface area contributed by atoms with Gasteiger partial charge in [0.2, 0.25) is 5.91 Å². The van der Waals surface area contributed by atoms with Crippen LogP contribution in [0.25, 0.3) is 0 Å². The molecule has 0 fully saturated rings. The molecule has 0 saturated heterocycles. The lowest BCUT2D eigenvalue weighted by molar-refractivity contribution is -0.118. The van der Waals surface area contributed by atoms with Crippen LogP contribution in [0.15, 0.2) is 24.3 Å². The summed E-state index contributed by atoms with van der Waals surface area (Å²) in [5, 5.41) is 2.64. The Morgan fingerprint density at radius 3 is 2.53 bits per heavy atom. The number of hydrogen-bond donors (Lipinski definition) is 1. The number of benzene rings is 1. The summed E-state index contributed by atoms with van der Waals surface area (Å²) in [4.78, 5) is 10.8. The molecule has 0 aromatic heterocycles. The van der Waals surface area contributed by atoms with Gasteiger partial charge in [-0.05, 0) is 23.6 Å². The zero-order valence-corrected chi connectivity index (χ0v) is 11.0. The number of hydrogen-bond acceptors (Lipinski definition) is 2. The van der Waals surface area contributed by atoms with E-state index >= 15 is 0 Å². The molecule has 3 nitrogen and oxygen atoms in total. The molecule has 0 radical (unpaired) electrons. The van der Waals surface area contributed by atoms with Gasteiger partial charge in [-0.2, -0.15) is 0 Å². The molecule has 1 rings (SSSR count). The zero-order valence-electron chi connectivity index (χ0n) is 10.2. The molecular weight excluding hydrogens is 238 g/mol. The highest BCUT2D eigenvalue weighted by Gasteiger charge is 2.00. The van der Waals surface area contributed by atoms with Crippen molar-refractivity contribution in [3.05, 3.63) is 29.8 Å². The summed E-state index contributed by atoms with van der Waals surface area (Å²) >= 11 is 5.34. The van der Waals surface area contributed by atoms with Crippen LogP contribution in [0.1, 0.15) is 25.3 Å². The quantitative estimate of drug-likeness (QED) is 0.627. The second kappa shape index (κ2) is 7.17. The molecule has 94 valence electrons. The number of ether oxygens (including phenoxy) is 1. The molecular formula is C13H18ClNO2. The Morgan fingerprint density at radius 2 is 2.00 bits per heavy atom. The molecule has 0 heterocycles. The van der Waals surface area contributed by atoms with Crippen LogP contribution in [-0.4, -0.2) is 24.9 Å². The van der Waals surface area contributed by atoms with Crippen molar-refractivity contribution < 1.29 is 9.53 Å². The van der Waals surface area contributed by atoms with Crippen LogP contribution < -0.4 is 10.1 Å². The van der Waals surface area contributed by atoms with Crippen molar-refractivity contribution in [2.45, 2.75) is 19.8 Å². The summed E-state index contributed by atoms with van der Waals surface area (Å²) < 4.78 is 5.48. The van der Waals surface area contributed by atoms with Crippen molar-refractivity contribution in [2.75, 3.05) is 19.0 Å². The number of nitrogens with one attached hydrogen (secondary N) is 1. The number of rotatable bonds is 6. The highest BCUT2D eigenvalue weighted by Crippen LogP contribution is 2.18. The lowest BCUT2D eigenvalue weighted by Crippen LogP contribution is -2.28. The van der Waals surface area contributed by atoms with Crippen LogP contribution in [-0.2, 0) is 4.79 Å². The lowest BCUT2D eigenvalue weighted by atomic mass is 10.0. The maximum Gasteiger partial charge on any atom is 0.235 e. The number of halogens is 1. The van der Waals surface area contributed by atoms with E-state index in [0.717, 1.165) is 5.75 Å². The van der Waals surface area contributed by atoms with Crippen molar-refractivity contribution in [2.24, 2.45) is 0 Å². The highest BCUT2D eigenvalue weighted by atomic mass is 35.5. The van der Waals surface area contributed by atoms with E-state index in [2.05, 4.69) is 31.3 Å². The van der Waals surface area contributed by atoms with Gasteiger partial charge in [0.1, 0.15) is 18.2 Å². The predicted molar refractivity (Wildman–Crippen MR) is 69.8 cm³/mol. The number of carbonyl (C=O) groups excluding carboxylic acids is 1. The number of amides is 1. The van der Waals surface area contributed by atoms with E-state index in [1.54, 1.807) is 0 Å². The van der Waals surface area contributed by atoms with Gasteiger partial charge in [-0.15, -0.1) is 11.6 Å². The smallest absolute Gasteiger partial charge is 0.235 e. The first-order valence-electron chi connectivity index (χ1n) is 5.69. The number of carbonyl (C=O) groups is 1. The van der Waals surface area contributed by atoms with Gasteiger partial charge in [-0.3, -0.25) is 4.79 Å². The van der Waals surface area contributed by atoms with Gasteiger partial charge in [0.05, 0.1) is 6.54 Å². The summed E-state index contributed by atoms with van der Waals surface area (Å²) in [7, 11) is 0. The largest absolute Gasteiger partial charge is 0.492 e. The van der Waals surface area contributed by atoms with E-state index in [1.165, 1.54) is 5.56 Å². The van der Waals surface area contributed by atoms with E-state index < -0.39 is 0 Å². The molecule has 4 heteroatoms. The highest BCUT2D eigenvalue weighted by molar-refractivity contribution is 6.27. The monoisotopic (exact) mass is 255 g/mol. The first-order chi connectivity index (χ1) is 8.13. The van der Waals surface area contributed by atoms with Crippen LogP contribution in [0.4, 0.5) is 0 Å². The van der Waals surface area contributed by atoms with Gasteiger partial charge in [0.25, 0.3) is 0 Å². The Morgan fingerprint density at radius 1 is 1.35 bits per heavy atom. The van der Waals surface area contributed by atoms with Gasteiger partial charge in [0.15, 0.2) is 0 Å². The van der Waals surface area contributed by atoms with Crippen LogP contribution in [0.5, 0.6) is 5.75 Å². The van der Waals surface area contributed by atoms with Crippen molar-refractivity contribution in [3.63, 3.8) is 0 Å². The van der Waals surface area contributed by atoms with Gasteiger partial charge in [0, 0.05) is 0 Å². The molecule has 1 amide bonds. The van der Waals surface area contributed by atoms with Crippen molar-refractivity contribution in [1.29, 1.82) is 0 Å². The third-order valence-corrected chi connectivity index (χ3v) is 2.60. The van der Waals surface area contributed by atoms with Crippen molar-refractivity contribution in [3.8, 4) is 5.75 Å².